The Hall–Kier alpha value is -1.71. The fraction of sp³-hybridized carbons (Fsp3) is 0.706. The van der Waals surface area contributed by atoms with Crippen molar-refractivity contribution < 1.29 is 4.74 Å². The molecule has 1 saturated heterocycles. The molecule has 1 aliphatic heterocycles. The van der Waals surface area contributed by atoms with Crippen LogP contribution in [0.3, 0.4) is 0 Å². The Bertz CT molecular complexity index is 555. The van der Waals surface area contributed by atoms with Gasteiger partial charge in [-0.05, 0) is 44.3 Å². The van der Waals surface area contributed by atoms with Gasteiger partial charge in [-0.2, -0.15) is 10.4 Å². The summed E-state index contributed by atoms with van der Waals surface area (Å²) in [7, 11) is 1.75. The summed E-state index contributed by atoms with van der Waals surface area (Å²) in [4.78, 5) is 0. The molecule has 2 heterocycles. The van der Waals surface area contributed by atoms with Crippen LogP contribution in [0.25, 0.3) is 0 Å². The lowest BCUT2D eigenvalue weighted by Crippen LogP contribution is -2.44. The monoisotopic (exact) mass is 317 g/mol. The summed E-state index contributed by atoms with van der Waals surface area (Å²) in [5.41, 5.74) is 2.66. The van der Waals surface area contributed by atoms with E-state index in [-0.39, 0.29) is 5.41 Å². The van der Waals surface area contributed by atoms with E-state index < -0.39 is 0 Å². The minimum atomic E-state index is 0.0875. The standard InChI is InChI=1S/C17H27N5O/c1-4-13-14(10-18)16(22-21-15(13)5-2)20-11-17(12-23-3)6-8-19-9-7-17/h19H,4-9,11-12H2,1-3H3,(H,20,22). The molecule has 0 atom stereocenters. The topological polar surface area (TPSA) is 82.9 Å². The Morgan fingerprint density at radius 2 is 2.00 bits per heavy atom. The highest BCUT2D eigenvalue weighted by atomic mass is 16.5. The van der Waals surface area contributed by atoms with Gasteiger partial charge in [0.1, 0.15) is 11.6 Å². The van der Waals surface area contributed by atoms with Gasteiger partial charge in [0.25, 0.3) is 0 Å². The molecule has 126 valence electrons. The molecular weight excluding hydrogens is 290 g/mol. The number of hydrogen-bond donors (Lipinski definition) is 2. The second-order valence-electron chi connectivity index (χ2n) is 6.20. The van der Waals surface area contributed by atoms with Crippen LogP contribution in [-0.2, 0) is 17.6 Å². The number of rotatable bonds is 7. The summed E-state index contributed by atoms with van der Waals surface area (Å²) in [6, 6.07) is 2.31. The highest BCUT2D eigenvalue weighted by molar-refractivity contribution is 5.56. The molecule has 2 rings (SSSR count). The molecule has 0 bridgehead atoms. The number of nitrogens with zero attached hydrogens (tertiary/aromatic N) is 3. The van der Waals surface area contributed by atoms with Crippen molar-refractivity contribution in [2.45, 2.75) is 39.5 Å². The fourth-order valence-corrected chi connectivity index (χ4v) is 3.32. The van der Waals surface area contributed by atoms with E-state index in [2.05, 4.69) is 33.8 Å². The van der Waals surface area contributed by atoms with Gasteiger partial charge in [0, 0.05) is 19.1 Å². The van der Waals surface area contributed by atoms with E-state index in [1.807, 2.05) is 6.92 Å². The van der Waals surface area contributed by atoms with Crippen LogP contribution in [0.15, 0.2) is 0 Å². The summed E-state index contributed by atoms with van der Waals surface area (Å²) < 4.78 is 5.44. The molecule has 0 unspecified atom stereocenters. The van der Waals surface area contributed by atoms with Crippen LogP contribution < -0.4 is 10.6 Å². The predicted molar refractivity (Wildman–Crippen MR) is 90.4 cm³/mol. The highest BCUT2D eigenvalue weighted by Crippen LogP contribution is 2.30. The molecule has 1 aliphatic rings. The fourth-order valence-electron chi connectivity index (χ4n) is 3.32. The van der Waals surface area contributed by atoms with Crippen LogP contribution in [0.5, 0.6) is 0 Å². The first-order valence-electron chi connectivity index (χ1n) is 8.41. The van der Waals surface area contributed by atoms with Crippen molar-refractivity contribution in [2.24, 2.45) is 5.41 Å². The molecule has 2 N–H and O–H groups in total. The van der Waals surface area contributed by atoms with E-state index in [0.29, 0.717) is 18.0 Å². The van der Waals surface area contributed by atoms with Gasteiger partial charge in [0.05, 0.1) is 12.3 Å². The van der Waals surface area contributed by atoms with E-state index in [0.717, 1.165) is 56.6 Å². The van der Waals surface area contributed by atoms with Gasteiger partial charge in [-0.15, -0.1) is 5.10 Å². The summed E-state index contributed by atoms with van der Waals surface area (Å²) in [6.45, 7) is 7.55. The number of aryl methyl sites for hydroxylation is 1. The van der Waals surface area contributed by atoms with Gasteiger partial charge in [0.2, 0.25) is 0 Å². The van der Waals surface area contributed by atoms with E-state index >= 15 is 0 Å². The zero-order valence-electron chi connectivity index (χ0n) is 14.4. The molecule has 0 spiro atoms. The van der Waals surface area contributed by atoms with Crippen molar-refractivity contribution in [3.05, 3.63) is 16.8 Å². The van der Waals surface area contributed by atoms with Gasteiger partial charge in [0.15, 0.2) is 5.82 Å². The molecule has 1 fully saturated rings. The van der Waals surface area contributed by atoms with Crippen molar-refractivity contribution in [1.29, 1.82) is 5.26 Å². The van der Waals surface area contributed by atoms with Crippen LogP contribution in [0.4, 0.5) is 5.82 Å². The summed E-state index contributed by atoms with van der Waals surface area (Å²) >= 11 is 0. The van der Waals surface area contributed by atoms with Crippen LogP contribution in [0, 0.1) is 16.7 Å². The Morgan fingerprint density at radius 3 is 2.57 bits per heavy atom. The van der Waals surface area contributed by atoms with E-state index in [9.17, 15) is 5.26 Å². The number of aromatic nitrogens is 2. The lowest BCUT2D eigenvalue weighted by molar-refractivity contribution is 0.0635. The Balaban J connectivity index is 2.20. The zero-order valence-corrected chi connectivity index (χ0v) is 14.4. The average Bonchev–Trinajstić information content (AvgIpc) is 2.60. The highest BCUT2D eigenvalue weighted by Gasteiger charge is 2.32. The SMILES string of the molecule is CCc1nnc(NCC2(COC)CCNCC2)c(C#N)c1CC. The largest absolute Gasteiger partial charge is 0.384 e. The van der Waals surface area contributed by atoms with Crippen molar-refractivity contribution in [3.63, 3.8) is 0 Å². The van der Waals surface area contributed by atoms with E-state index in [1.54, 1.807) is 7.11 Å². The number of ether oxygens (including phenoxy) is 1. The summed E-state index contributed by atoms with van der Waals surface area (Å²) in [6.07, 6.45) is 3.70. The van der Waals surface area contributed by atoms with Crippen LogP contribution in [0.1, 0.15) is 43.5 Å². The van der Waals surface area contributed by atoms with Crippen LogP contribution in [0.2, 0.25) is 0 Å². The molecule has 0 aromatic carbocycles. The number of anilines is 1. The average molecular weight is 317 g/mol. The van der Waals surface area contributed by atoms with E-state index in [1.165, 1.54) is 0 Å². The predicted octanol–water partition coefficient (Wildman–Crippen LogP) is 1.90. The third-order valence-corrected chi connectivity index (χ3v) is 4.70. The number of methoxy groups -OCH3 is 1. The maximum absolute atomic E-state index is 9.56. The van der Waals surface area contributed by atoms with Crippen LogP contribution in [-0.4, -0.2) is 43.5 Å². The summed E-state index contributed by atoms with van der Waals surface area (Å²) in [5, 5.41) is 24.9. The number of nitrogens with one attached hydrogen (secondary N) is 2. The minimum absolute atomic E-state index is 0.0875. The lowest BCUT2D eigenvalue weighted by Gasteiger charge is -2.37. The lowest BCUT2D eigenvalue weighted by atomic mass is 9.79. The number of nitriles is 1. The van der Waals surface area contributed by atoms with Crippen molar-refractivity contribution in [2.75, 3.05) is 38.7 Å². The minimum Gasteiger partial charge on any atom is -0.384 e. The molecule has 0 radical (unpaired) electrons. The zero-order chi connectivity index (χ0) is 16.7. The first-order chi connectivity index (χ1) is 11.2. The quantitative estimate of drug-likeness (QED) is 0.799. The first-order valence-corrected chi connectivity index (χ1v) is 8.41. The molecule has 1 aromatic rings. The van der Waals surface area contributed by atoms with Gasteiger partial charge < -0.3 is 15.4 Å². The molecule has 1 aromatic heterocycles. The molecular formula is C17H27N5O. The van der Waals surface area contributed by atoms with Gasteiger partial charge in [-0.1, -0.05) is 13.8 Å². The third-order valence-electron chi connectivity index (χ3n) is 4.70. The normalized spacial score (nSPS) is 16.8. The Morgan fingerprint density at radius 1 is 1.26 bits per heavy atom. The summed E-state index contributed by atoms with van der Waals surface area (Å²) in [5.74, 6) is 0.607. The molecule has 6 nitrogen and oxygen atoms in total. The molecule has 6 heteroatoms. The van der Waals surface area contributed by atoms with Crippen molar-refractivity contribution in [3.8, 4) is 6.07 Å². The first kappa shape index (κ1) is 17.6. The van der Waals surface area contributed by atoms with E-state index in [4.69, 9.17) is 4.74 Å². The van der Waals surface area contributed by atoms with Crippen LogP contribution >= 0.6 is 0 Å². The molecule has 0 amide bonds. The second-order valence-corrected chi connectivity index (χ2v) is 6.20. The van der Waals surface area contributed by atoms with Gasteiger partial charge >= 0.3 is 0 Å². The second kappa shape index (κ2) is 8.23. The Labute approximate surface area is 138 Å². The van der Waals surface area contributed by atoms with Crippen molar-refractivity contribution in [1.82, 2.24) is 15.5 Å². The van der Waals surface area contributed by atoms with Gasteiger partial charge in [-0.3, -0.25) is 0 Å². The maximum Gasteiger partial charge on any atom is 0.166 e. The number of hydrogen-bond acceptors (Lipinski definition) is 6. The molecule has 23 heavy (non-hydrogen) atoms. The number of piperidine rings is 1. The van der Waals surface area contributed by atoms with Crippen molar-refractivity contribution >= 4 is 5.82 Å². The molecule has 0 saturated carbocycles. The maximum atomic E-state index is 9.56. The van der Waals surface area contributed by atoms with Gasteiger partial charge in [-0.25, -0.2) is 0 Å². The molecule has 0 aliphatic carbocycles. The third kappa shape index (κ3) is 3.98. The Kier molecular flexibility index (Phi) is 6.31. The smallest absolute Gasteiger partial charge is 0.166 e.